The van der Waals surface area contributed by atoms with Crippen LogP contribution in [0, 0.1) is 5.92 Å². The number of nitrogens with one attached hydrogen (secondary N) is 2. The number of aliphatic hydroxyl groups is 1. The largest absolute Gasteiger partial charge is 0.393 e. The Bertz CT molecular complexity index is 285. The molecule has 5 nitrogen and oxygen atoms in total. The van der Waals surface area contributed by atoms with Gasteiger partial charge in [-0.05, 0) is 57.5 Å². The number of carbonyl (C=O) groups is 1. The molecule has 1 aliphatic carbocycles. The number of piperidine rings is 1. The molecule has 0 atom stereocenters. The van der Waals surface area contributed by atoms with Crippen LogP contribution in [0.4, 0.5) is 0 Å². The van der Waals surface area contributed by atoms with E-state index in [9.17, 15) is 9.90 Å². The second-order valence-corrected chi connectivity index (χ2v) is 6.05. The van der Waals surface area contributed by atoms with E-state index in [0.29, 0.717) is 25.0 Å². The fourth-order valence-electron chi connectivity index (χ4n) is 2.98. The van der Waals surface area contributed by atoms with E-state index in [1.54, 1.807) is 0 Å². The van der Waals surface area contributed by atoms with E-state index in [4.69, 9.17) is 4.74 Å². The van der Waals surface area contributed by atoms with Crippen molar-refractivity contribution in [2.24, 2.45) is 5.92 Å². The summed E-state index contributed by atoms with van der Waals surface area (Å²) < 4.78 is 5.73. The lowest BCUT2D eigenvalue weighted by Crippen LogP contribution is -2.34. The smallest absolute Gasteiger partial charge is 0.222 e. The lowest BCUT2D eigenvalue weighted by Gasteiger charge is -2.25. The maximum atomic E-state index is 11.7. The van der Waals surface area contributed by atoms with Crippen molar-refractivity contribution < 1.29 is 14.6 Å². The van der Waals surface area contributed by atoms with Crippen molar-refractivity contribution in [1.29, 1.82) is 0 Å². The quantitative estimate of drug-likeness (QED) is 0.675. The molecule has 5 heteroatoms. The van der Waals surface area contributed by atoms with Crippen LogP contribution >= 0.6 is 0 Å². The molecule has 2 rings (SSSR count). The van der Waals surface area contributed by atoms with Crippen LogP contribution in [-0.2, 0) is 9.53 Å². The number of carbonyl (C=O) groups excluding carboxylic acids is 1. The van der Waals surface area contributed by atoms with Gasteiger partial charge in [0.15, 0.2) is 0 Å². The summed E-state index contributed by atoms with van der Waals surface area (Å²) in [5.41, 5.74) is 0. The highest BCUT2D eigenvalue weighted by atomic mass is 16.5. The lowest BCUT2D eigenvalue weighted by molar-refractivity contribution is -0.123. The van der Waals surface area contributed by atoms with Crippen LogP contribution in [0.25, 0.3) is 0 Å². The second-order valence-electron chi connectivity index (χ2n) is 6.05. The average Bonchev–Trinajstić information content (AvgIpc) is 2.48. The molecule has 3 N–H and O–H groups in total. The summed E-state index contributed by atoms with van der Waals surface area (Å²) in [6.45, 7) is 3.31. The standard InChI is InChI=1S/C15H28N2O3/c18-13-3-1-12(2-4-13)11-17-15(19)7-10-20-14-5-8-16-9-6-14/h12-14,16,18H,1-11H2,(H,17,19). The van der Waals surface area contributed by atoms with Crippen molar-refractivity contribution in [2.75, 3.05) is 26.2 Å². The Hall–Kier alpha value is -0.650. The minimum absolute atomic E-state index is 0.0880. The Balaban J connectivity index is 1.49. The van der Waals surface area contributed by atoms with E-state index in [1.165, 1.54) is 0 Å². The Kier molecular flexibility index (Phi) is 6.76. The zero-order valence-corrected chi connectivity index (χ0v) is 12.3. The highest BCUT2D eigenvalue weighted by Crippen LogP contribution is 2.23. The molecule has 1 amide bonds. The lowest BCUT2D eigenvalue weighted by atomic mass is 9.87. The van der Waals surface area contributed by atoms with Gasteiger partial charge in [-0.1, -0.05) is 0 Å². The van der Waals surface area contributed by atoms with E-state index >= 15 is 0 Å². The topological polar surface area (TPSA) is 70.6 Å². The number of hydrogen-bond acceptors (Lipinski definition) is 4. The molecule has 1 saturated heterocycles. The predicted molar refractivity (Wildman–Crippen MR) is 77.4 cm³/mol. The molecular weight excluding hydrogens is 256 g/mol. The molecule has 0 unspecified atom stereocenters. The highest BCUT2D eigenvalue weighted by Gasteiger charge is 2.19. The first-order valence-corrected chi connectivity index (χ1v) is 8.01. The Morgan fingerprint density at radius 2 is 1.85 bits per heavy atom. The molecule has 0 spiro atoms. The van der Waals surface area contributed by atoms with Gasteiger partial charge in [0.2, 0.25) is 5.91 Å². The van der Waals surface area contributed by atoms with Crippen LogP contribution in [0.15, 0.2) is 0 Å². The maximum Gasteiger partial charge on any atom is 0.222 e. The SMILES string of the molecule is O=C(CCOC1CCNCC1)NCC1CCC(O)CC1. The number of ether oxygens (including phenoxy) is 1. The molecule has 1 saturated carbocycles. The minimum Gasteiger partial charge on any atom is -0.393 e. The predicted octanol–water partition coefficient (Wildman–Crippen LogP) is 0.812. The first kappa shape index (κ1) is 15.7. The highest BCUT2D eigenvalue weighted by molar-refractivity contribution is 5.75. The van der Waals surface area contributed by atoms with Crippen LogP contribution in [-0.4, -0.2) is 49.5 Å². The molecule has 0 aromatic rings. The second kappa shape index (κ2) is 8.60. The van der Waals surface area contributed by atoms with Crippen molar-refractivity contribution in [1.82, 2.24) is 10.6 Å². The number of hydrogen-bond donors (Lipinski definition) is 3. The van der Waals surface area contributed by atoms with Gasteiger partial charge >= 0.3 is 0 Å². The molecule has 20 heavy (non-hydrogen) atoms. The number of amides is 1. The Morgan fingerprint density at radius 1 is 1.15 bits per heavy atom. The monoisotopic (exact) mass is 284 g/mol. The zero-order valence-electron chi connectivity index (χ0n) is 12.3. The van der Waals surface area contributed by atoms with E-state index < -0.39 is 0 Å². The molecular formula is C15H28N2O3. The van der Waals surface area contributed by atoms with Crippen molar-refractivity contribution >= 4 is 5.91 Å². The van der Waals surface area contributed by atoms with Gasteiger partial charge < -0.3 is 20.5 Å². The fourth-order valence-corrected chi connectivity index (χ4v) is 2.98. The third-order valence-corrected chi connectivity index (χ3v) is 4.37. The molecule has 1 aliphatic heterocycles. The minimum atomic E-state index is -0.125. The van der Waals surface area contributed by atoms with Gasteiger partial charge in [0.25, 0.3) is 0 Å². The van der Waals surface area contributed by atoms with Crippen LogP contribution < -0.4 is 10.6 Å². The number of rotatable bonds is 6. The fraction of sp³-hybridized carbons (Fsp3) is 0.933. The molecule has 2 fully saturated rings. The van der Waals surface area contributed by atoms with Gasteiger partial charge in [-0.25, -0.2) is 0 Å². The summed E-state index contributed by atoms with van der Waals surface area (Å²) in [5, 5.41) is 15.7. The summed E-state index contributed by atoms with van der Waals surface area (Å²) in [7, 11) is 0. The van der Waals surface area contributed by atoms with Crippen molar-refractivity contribution in [2.45, 2.75) is 57.2 Å². The molecule has 0 aromatic carbocycles. The van der Waals surface area contributed by atoms with E-state index in [2.05, 4.69) is 10.6 Å². The summed E-state index contributed by atoms with van der Waals surface area (Å²) in [4.78, 5) is 11.7. The third-order valence-electron chi connectivity index (χ3n) is 4.37. The third kappa shape index (κ3) is 5.77. The molecule has 0 radical (unpaired) electrons. The molecule has 1 heterocycles. The maximum absolute atomic E-state index is 11.7. The summed E-state index contributed by atoms with van der Waals surface area (Å²) in [6, 6.07) is 0. The average molecular weight is 284 g/mol. The van der Waals surface area contributed by atoms with Crippen LogP contribution in [0.1, 0.15) is 44.9 Å². The van der Waals surface area contributed by atoms with Crippen molar-refractivity contribution in [3.05, 3.63) is 0 Å². The van der Waals surface area contributed by atoms with Crippen LogP contribution in [0.2, 0.25) is 0 Å². The van der Waals surface area contributed by atoms with E-state index in [0.717, 1.165) is 58.2 Å². The Labute approximate surface area is 121 Å². The summed E-state index contributed by atoms with van der Waals surface area (Å²) in [5.74, 6) is 0.623. The van der Waals surface area contributed by atoms with Crippen LogP contribution in [0.5, 0.6) is 0 Å². The normalized spacial score (nSPS) is 28.2. The van der Waals surface area contributed by atoms with Crippen molar-refractivity contribution in [3.8, 4) is 0 Å². The van der Waals surface area contributed by atoms with Crippen molar-refractivity contribution in [3.63, 3.8) is 0 Å². The molecule has 0 bridgehead atoms. The first-order valence-electron chi connectivity index (χ1n) is 8.01. The number of aliphatic hydroxyl groups excluding tert-OH is 1. The molecule has 116 valence electrons. The van der Waals surface area contributed by atoms with Gasteiger partial charge in [0, 0.05) is 13.0 Å². The molecule has 0 aromatic heterocycles. The molecule has 2 aliphatic rings. The summed E-state index contributed by atoms with van der Waals surface area (Å²) >= 11 is 0. The van der Waals surface area contributed by atoms with Gasteiger partial charge in [-0.15, -0.1) is 0 Å². The van der Waals surface area contributed by atoms with Gasteiger partial charge in [0.1, 0.15) is 0 Å². The van der Waals surface area contributed by atoms with E-state index in [-0.39, 0.29) is 12.0 Å². The van der Waals surface area contributed by atoms with Gasteiger partial charge in [-0.3, -0.25) is 4.79 Å². The van der Waals surface area contributed by atoms with Gasteiger partial charge in [0.05, 0.1) is 18.8 Å². The van der Waals surface area contributed by atoms with Crippen LogP contribution in [0.3, 0.4) is 0 Å². The van der Waals surface area contributed by atoms with Gasteiger partial charge in [-0.2, -0.15) is 0 Å². The van der Waals surface area contributed by atoms with E-state index in [1.807, 2.05) is 0 Å². The Morgan fingerprint density at radius 3 is 2.55 bits per heavy atom. The summed E-state index contributed by atoms with van der Waals surface area (Å²) in [6.07, 6.45) is 6.54. The zero-order chi connectivity index (χ0) is 14.2. The first-order chi connectivity index (χ1) is 9.74.